The van der Waals surface area contributed by atoms with Crippen LogP contribution in [0.2, 0.25) is 5.02 Å². The summed E-state index contributed by atoms with van der Waals surface area (Å²) in [5.74, 6) is 1.48. The van der Waals surface area contributed by atoms with Gasteiger partial charge >= 0.3 is 0 Å². The first-order valence-electron chi connectivity index (χ1n) is 8.41. The van der Waals surface area contributed by atoms with Gasteiger partial charge in [-0.15, -0.1) is 0 Å². The first kappa shape index (κ1) is 18.9. The Morgan fingerprint density at radius 3 is 2.74 bits per heavy atom. The van der Waals surface area contributed by atoms with E-state index in [4.69, 9.17) is 21.1 Å². The van der Waals surface area contributed by atoms with Gasteiger partial charge < -0.3 is 9.47 Å². The molecule has 2 aromatic rings. The number of thioether (sulfide) groups is 1. The molecule has 1 fully saturated rings. The lowest BCUT2D eigenvalue weighted by Crippen LogP contribution is -2.33. The maximum absolute atomic E-state index is 13.4. The predicted molar refractivity (Wildman–Crippen MR) is 103 cm³/mol. The molecule has 0 aromatic heterocycles. The molecule has 144 valence electrons. The minimum absolute atomic E-state index is 0.0143. The fourth-order valence-electron chi connectivity index (χ4n) is 3.16. The molecular formula is C18H17ClFNO4S2. The molecule has 2 aromatic carbocycles. The molecule has 0 unspecified atom stereocenters. The van der Waals surface area contributed by atoms with Crippen LogP contribution in [0, 0.1) is 5.82 Å². The number of hydrogen-bond acceptors (Lipinski definition) is 5. The van der Waals surface area contributed by atoms with Crippen molar-refractivity contribution in [3.63, 3.8) is 0 Å². The fraction of sp³-hybridized carbons (Fsp3) is 0.333. The van der Waals surface area contributed by atoms with Crippen molar-refractivity contribution in [2.24, 2.45) is 0 Å². The predicted octanol–water partition coefficient (Wildman–Crippen LogP) is 4.08. The summed E-state index contributed by atoms with van der Waals surface area (Å²) in [7, 11) is -3.72. The molecular weight excluding hydrogens is 413 g/mol. The second-order valence-corrected chi connectivity index (χ2v) is 9.90. The molecule has 9 heteroatoms. The molecule has 0 saturated carbocycles. The number of sulfonamides is 1. The first-order valence-corrected chi connectivity index (χ1v) is 11.3. The number of fused-ring (bicyclic) bond motifs is 1. The zero-order valence-electron chi connectivity index (χ0n) is 14.2. The van der Waals surface area contributed by atoms with E-state index >= 15 is 0 Å². The van der Waals surface area contributed by atoms with Gasteiger partial charge in [0.2, 0.25) is 16.8 Å². The van der Waals surface area contributed by atoms with E-state index in [0.29, 0.717) is 25.3 Å². The Balaban J connectivity index is 1.52. The van der Waals surface area contributed by atoms with Crippen LogP contribution in [0.3, 0.4) is 0 Å². The highest BCUT2D eigenvalue weighted by Crippen LogP contribution is 2.40. The second kappa shape index (κ2) is 7.50. The molecule has 2 aliphatic rings. The van der Waals surface area contributed by atoms with E-state index in [1.165, 1.54) is 16.4 Å². The van der Waals surface area contributed by atoms with Crippen LogP contribution in [0.4, 0.5) is 4.39 Å². The molecule has 2 heterocycles. The van der Waals surface area contributed by atoms with Crippen molar-refractivity contribution in [3.05, 3.63) is 52.8 Å². The topological polar surface area (TPSA) is 55.8 Å². The van der Waals surface area contributed by atoms with E-state index in [1.54, 1.807) is 11.8 Å². The standard InChI is InChI=1S/C18H17ClFNO4S2/c19-14-10-13(2-3-15(14)20)27(22,23)21-6-5-18(26-8-7-21)12-1-4-16-17(9-12)25-11-24-16/h1-4,9-10,18H,5-8,11H2/t18-/m1/s1. The summed E-state index contributed by atoms with van der Waals surface area (Å²) in [6.07, 6.45) is 0.665. The average Bonchev–Trinajstić information content (AvgIpc) is 2.97. The quantitative estimate of drug-likeness (QED) is 0.736. The smallest absolute Gasteiger partial charge is 0.243 e. The number of halogens is 2. The third-order valence-corrected chi connectivity index (χ3v) is 8.11. The van der Waals surface area contributed by atoms with Gasteiger partial charge in [-0.3, -0.25) is 0 Å². The molecule has 0 amide bonds. The van der Waals surface area contributed by atoms with Crippen LogP contribution in [-0.4, -0.2) is 38.4 Å². The van der Waals surface area contributed by atoms with Gasteiger partial charge in [0, 0.05) is 24.1 Å². The monoisotopic (exact) mass is 429 g/mol. The summed E-state index contributed by atoms with van der Waals surface area (Å²) >= 11 is 7.47. The molecule has 1 atom stereocenters. The summed E-state index contributed by atoms with van der Waals surface area (Å²) in [6, 6.07) is 9.35. The van der Waals surface area contributed by atoms with E-state index in [0.717, 1.165) is 23.1 Å². The molecule has 0 radical (unpaired) electrons. The van der Waals surface area contributed by atoms with Gasteiger partial charge in [0.1, 0.15) is 5.82 Å². The molecule has 1 saturated heterocycles. The van der Waals surface area contributed by atoms with Crippen molar-refractivity contribution >= 4 is 33.4 Å². The molecule has 0 spiro atoms. The molecule has 0 aliphatic carbocycles. The van der Waals surface area contributed by atoms with Crippen molar-refractivity contribution < 1.29 is 22.3 Å². The van der Waals surface area contributed by atoms with Crippen LogP contribution < -0.4 is 9.47 Å². The highest BCUT2D eigenvalue weighted by molar-refractivity contribution is 7.99. The Kier molecular flexibility index (Phi) is 5.24. The maximum atomic E-state index is 13.4. The van der Waals surface area contributed by atoms with Gasteiger partial charge in [-0.05, 0) is 42.3 Å². The van der Waals surface area contributed by atoms with Crippen LogP contribution in [0.5, 0.6) is 11.5 Å². The minimum Gasteiger partial charge on any atom is -0.454 e. The Labute approximate surface area is 166 Å². The lowest BCUT2D eigenvalue weighted by atomic mass is 10.1. The molecule has 27 heavy (non-hydrogen) atoms. The zero-order valence-corrected chi connectivity index (χ0v) is 16.6. The third-order valence-electron chi connectivity index (χ3n) is 4.60. The van der Waals surface area contributed by atoms with Gasteiger partial charge in [-0.2, -0.15) is 16.1 Å². The normalized spacial score (nSPS) is 20.4. The second-order valence-electron chi connectivity index (χ2n) is 6.24. The van der Waals surface area contributed by atoms with E-state index < -0.39 is 15.8 Å². The number of ether oxygens (including phenoxy) is 2. The maximum Gasteiger partial charge on any atom is 0.243 e. The van der Waals surface area contributed by atoms with Crippen molar-refractivity contribution in [1.82, 2.24) is 4.31 Å². The Bertz CT molecular complexity index is 970. The van der Waals surface area contributed by atoms with Gasteiger partial charge in [0.15, 0.2) is 11.5 Å². The van der Waals surface area contributed by atoms with E-state index in [9.17, 15) is 12.8 Å². The van der Waals surface area contributed by atoms with Gasteiger partial charge in [0.25, 0.3) is 0 Å². The largest absolute Gasteiger partial charge is 0.454 e. The SMILES string of the molecule is O=S(=O)(c1ccc(F)c(Cl)c1)N1CCS[C@@H](c2ccc3c(c2)OCO3)CC1. The first-order chi connectivity index (χ1) is 12.9. The molecule has 0 N–H and O–H groups in total. The Morgan fingerprint density at radius 1 is 1.11 bits per heavy atom. The highest BCUT2D eigenvalue weighted by atomic mass is 35.5. The van der Waals surface area contributed by atoms with Crippen molar-refractivity contribution in [2.45, 2.75) is 16.6 Å². The number of benzene rings is 2. The third kappa shape index (κ3) is 3.76. The van der Waals surface area contributed by atoms with Crippen LogP contribution in [0.15, 0.2) is 41.3 Å². The van der Waals surface area contributed by atoms with Crippen molar-refractivity contribution in [2.75, 3.05) is 25.6 Å². The van der Waals surface area contributed by atoms with Crippen molar-refractivity contribution in [3.8, 4) is 11.5 Å². The lowest BCUT2D eigenvalue weighted by Gasteiger charge is -2.20. The lowest BCUT2D eigenvalue weighted by molar-refractivity contribution is 0.174. The number of hydrogen-bond donors (Lipinski definition) is 0. The summed E-state index contributed by atoms with van der Waals surface area (Å²) in [5, 5.41) is -0.0324. The number of nitrogens with zero attached hydrogens (tertiary/aromatic N) is 1. The number of rotatable bonds is 3. The van der Waals surface area contributed by atoms with E-state index in [1.807, 2.05) is 18.2 Å². The van der Waals surface area contributed by atoms with Crippen molar-refractivity contribution in [1.29, 1.82) is 0 Å². The summed E-state index contributed by atoms with van der Waals surface area (Å²) in [5.41, 5.74) is 1.09. The van der Waals surface area contributed by atoms with Crippen LogP contribution in [0.1, 0.15) is 17.2 Å². The van der Waals surface area contributed by atoms with Crippen LogP contribution in [0.25, 0.3) is 0 Å². The van der Waals surface area contributed by atoms with E-state index in [-0.39, 0.29) is 22.0 Å². The Morgan fingerprint density at radius 2 is 1.93 bits per heavy atom. The van der Waals surface area contributed by atoms with Gasteiger partial charge in [0.05, 0.1) is 9.92 Å². The van der Waals surface area contributed by atoms with Crippen LogP contribution >= 0.6 is 23.4 Å². The fourth-order valence-corrected chi connectivity index (χ4v) is 6.22. The van der Waals surface area contributed by atoms with Gasteiger partial charge in [-0.1, -0.05) is 17.7 Å². The summed E-state index contributed by atoms with van der Waals surface area (Å²) < 4.78 is 51.4. The molecule has 4 rings (SSSR count). The average molecular weight is 430 g/mol. The van der Waals surface area contributed by atoms with E-state index in [2.05, 4.69) is 0 Å². The zero-order chi connectivity index (χ0) is 19.0. The van der Waals surface area contributed by atoms with Crippen LogP contribution in [-0.2, 0) is 10.0 Å². The van der Waals surface area contributed by atoms with Gasteiger partial charge in [-0.25, -0.2) is 12.8 Å². The summed E-state index contributed by atoms with van der Waals surface area (Å²) in [4.78, 5) is 0.0143. The Hall–Kier alpha value is -1.48. The summed E-state index contributed by atoms with van der Waals surface area (Å²) in [6.45, 7) is 0.995. The molecule has 5 nitrogen and oxygen atoms in total. The minimum atomic E-state index is -3.72. The molecule has 2 aliphatic heterocycles. The molecule has 0 bridgehead atoms. The highest BCUT2D eigenvalue weighted by Gasteiger charge is 2.29.